The average molecular weight is 289 g/mol. The summed E-state index contributed by atoms with van der Waals surface area (Å²) in [5.74, 6) is 1.08. The molecule has 0 atom stereocenters. The molecule has 6 heteroatoms. The average Bonchev–Trinajstić information content (AvgIpc) is 2.82. The van der Waals surface area contributed by atoms with Gasteiger partial charge in [-0.1, -0.05) is 29.4 Å². The Hall–Kier alpha value is -2.37. The van der Waals surface area contributed by atoms with E-state index in [4.69, 9.17) is 9.26 Å². The van der Waals surface area contributed by atoms with E-state index < -0.39 is 11.7 Å². The monoisotopic (exact) mass is 289 g/mol. The van der Waals surface area contributed by atoms with Crippen molar-refractivity contribution < 1.29 is 14.1 Å². The summed E-state index contributed by atoms with van der Waals surface area (Å²) in [5.41, 5.74) is 1.34. The molecule has 1 aromatic carbocycles. The molecule has 0 spiro atoms. The van der Waals surface area contributed by atoms with Gasteiger partial charge in [0.1, 0.15) is 5.60 Å². The fourth-order valence-corrected chi connectivity index (χ4v) is 1.68. The molecule has 0 aliphatic rings. The molecule has 0 aliphatic heterocycles. The largest absolute Gasteiger partial charge is 0.444 e. The number of nitrogens with one attached hydrogen (secondary N) is 1. The van der Waals surface area contributed by atoms with Crippen LogP contribution in [0.2, 0.25) is 0 Å². The van der Waals surface area contributed by atoms with Crippen LogP contribution >= 0.6 is 0 Å². The Morgan fingerprint density at radius 1 is 1.29 bits per heavy atom. The van der Waals surface area contributed by atoms with Crippen molar-refractivity contribution in [2.45, 2.75) is 39.8 Å². The number of ether oxygens (including phenoxy) is 1. The van der Waals surface area contributed by atoms with E-state index in [1.165, 1.54) is 0 Å². The van der Waals surface area contributed by atoms with Crippen molar-refractivity contribution in [3.8, 4) is 11.4 Å². The lowest BCUT2D eigenvalue weighted by Crippen LogP contribution is -2.32. The van der Waals surface area contributed by atoms with E-state index in [-0.39, 0.29) is 0 Å². The third-order valence-corrected chi connectivity index (χ3v) is 2.58. The third-order valence-electron chi connectivity index (χ3n) is 2.58. The molecule has 0 aliphatic carbocycles. The lowest BCUT2D eigenvalue weighted by atomic mass is 10.1. The van der Waals surface area contributed by atoms with Crippen LogP contribution in [0.4, 0.5) is 4.79 Å². The van der Waals surface area contributed by atoms with E-state index in [0.29, 0.717) is 18.3 Å². The molecule has 0 saturated carbocycles. The van der Waals surface area contributed by atoms with Crippen molar-refractivity contribution in [2.75, 3.05) is 0 Å². The zero-order valence-electron chi connectivity index (χ0n) is 12.6. The maximum atomic E-state index is 11.6. The minimum atomic E-state index is -0.496. The Labute approximate surface area is 123 Å². The number of nitrogens with zero attached hydrogens (tertiary/aromatic N) is 2. The van der Waals surface area contributed by atoms with Crippen molar-refractivity contribution in [2.24, 2.45) is 0 Å². The van der Waals surface area contributed by atoms with Gasteiger partial charge in [0.2, 0.25) is 11.7 Å². The molecular formula is C15H19N3O3. The Kier molecular flexibility index (Phi) is 4.26. The van der Waals surface area contributed by atoms with Crippen LogP contribution in [0.5, 0.6) is 0 Å². The summed E-state index contributed by atoms with van der Waals surface area (Å²) in [7, 11) is 0. The van der Waals surface area contributed by atoms with E-state index in [1.54, 1.807) is 6.92 Å². The first kappa shape index (κ1) is 15.0. The van der Waals surface area contributed by atoms with Crippen LogP contribution < -0.4 is 5.32 Å². The fraction of sp³-hybridized carbons (Fsp3) is 0.400. The summed E-state index contributed by atoms with van der Waals surface area (Å²) in [6.07, 6.45) is -0.430. The molecular weight excluding hydrogens is 270 g/mol. The number of rotatable bonds is 3. The van der Waals surface area contributed by atoms with Crippen molar-refractivity contribution in [3.63, 3.8) is 0 Å². The maximum Gasteiger partial charge on any atom is 0.407 e. The second-order valence-corrected chi connectivity index (χ2v) is 5.69. The van der Waals surface area contributed by atoms with Gasteiger partial charge in [-0.15, -0.1) is 0 Å². The van der Waals surface area contributed by atoms with Gasteiger partial charge in [0, 0.05) is 19.0 Å². The van der Waals surface area contributed by atoms with Crippen molar-refractivity contribution in [1.29, 1.82) is 0 Å². The highest BCUT2D eigenvalue weighted by Gasteiger charge is 2.15. The number of alkyl carbamates (subject to hydrolysis) is 1. The van der Waals surface area contributed by atoms with Crippen molar-refractivity contribution in [3.05, 3.63) is 35.7 Å². The zero-order valence-corrected chi connectivity index (χ0v) is 12.6. The third kappa shape index (κ3) is 4.59. The van der Waals surface area contributed by atoms with Gasteiger partial charge in [0.05, 0.1) is 0 Å². The first-order valence-electron chi connectivity index (χ1n) is 6.70. The Morgan fingerprint density at radius 2 is 1.95 bits per heavy atom. The smallest absolute Gasteiger partial charge is 0.407 e. The van der Waals surface area contributed by atoms with Gasteiger partial charge >= 0.3 is 6.09 Å². The Balaban J connectivity index is 1.92. The minimum Gasteiger partial charge on any atom is -0.444 e. The van der Waals surface area contributed by atoms with Gasteiger partial charge in [-0.2, -0.15) is 4.98 Å². The van der Waals surface area contributed by atoms with Crippen LogP contribution in [0.3, 0.4) is 0 Å². The van der Waals surface area contributed by atoms with Crippen LogP contribution in [0.1, 0.15) is 32.2 Å². The van der Waals surface area contributed by atoms with E-state index in [2.05, 4.69) is 15.5 Å². The second-order valence-electron chi connectivity index (χ2n) is 5.69. The van der Waals surface area contributed by atoms with Crippen molar-refractivity contribution >= 4 is 6.09 Å². The summed E-state index contributed by atoms with van der Waals surface area (Å²) in [6, 6.07) is 7.57. The molecule has 2 aromatic rings. The van der Waals surface area contributed by atoms with Crippen LogP contribution in [0.15, 0.2) is 28.8 Å². The number of aromatic nitrogens is 2. The number of benzene rings is 1. The zero-order chi connectivity index (χ0) is 15.5. The van der Waals surface area contributed by atoms with Crippen LogP contribution in [0, 0.1) is 6.92 Å². The molecule has 0 fully saturated rings. The molecule has 1 N–H and O–H groups in total. The van der Waals surface area contributed by atoms with E-state index >= 15 is 0 Å². The van der Waals surface area contributed by atoms with E-state index in [1.807, 2.05) is 45.0 Å². The molecule has 0 radical (unpaired) electrons. The van der Waals surface area contributed by atoms with Crippen molar-refractivity contribution in [1.82, 2.24) is 15.5 Å². The van der Waals surface area contributed by atoms with Gasteiger partial charge in [0.25, 0.3) is 0 Å². The standard InChI is InChI=1S/C15H19N3O3/c1-10-17-13(18-21-10)12-7-5-11(6-8-12)9-16-14(19)20-15(2,3)4/h5-8H,9H2,1-4H3,(H,16,19). The van der Waals surface area contributed by atoms with Crippen LogP contribution in [0.25, 0.3) is 11.4 Å². The molecule has 1 heterocycles. The molecule has 1 aromatic heterocycles. The summed E-state index contributed by atoms with van der Waals surface area (Å²) in [6.45, 7) is 7.63. The second kappa shape index (κ2) is 5.95. The topological polar surface area (TPSA) is 77.2 Å². The van der Waals surface area contributed by atoms with Crippen LogP contribution in [-0.4, -0.2) is 21.8 Å². The molecule has 2 rings (SSSR count). The van der Waals surface area contributed by atoms with Gasteiger partial charge < -0.3 is 14.6 Å². The number of hydrogen-bond acceptors (Lipinski definition) is 5. The molecule has 6 nitrogen and oxygen atoms in total. The number of hydrogen-bond donors (Lipinski definition) is 1. The van der Waals surface area contributed by atoms with Gasteiger partial charge in [-0.25, -0.2) is 4.79 Å². The number of amides is 1. The highest BCUT2D eigenvalue weighted by Crippen LogP contribution is 2.16. The van der Waals surface area contributed by atoms with Gasteiger partial charge in [-0.3, -0.25) is 0 Å². The number of carbonyl (C=O) groups excluding carboxylic acids is 1. The summed E-state index contributed by atoms with van der Waals surface area (Å²) in [5, 5.41) is 6.56. The molecule has 1 amide bonds. The first-order chi connectivity index (χ1) is 9.83. The predicted octanol–water partition coefficient (Wildman–Crippen LogP) is 3.07. The first-order valence-corrected chi connectivity index (χ1v) is 6.70. The Bertz CT molecular complexity index is 612. The van der Waals surface area contributed by atoms with Gasteiger partial charge in [-0.05, 0) is 26.3 Å². The highest BCUT2D eigenvalue weighted by atomic mass is 16.6. The lowest BCUT2D eigenvalue weighted by molar-refractivity contribution is 0.0523. The van der Waals surface area contributed by atoms with E-state index in [9.17, 15) is 4.79 Å². The Morgan fingerprint density at radius 3 is 2.48 bits per heavy atom. The molecule has 21 heavy (non-hydrogen) atoms. The summed E-state index contributed by atoms with van der Waals surface area (Å²) >= 11 is 0. The van der Waals surface area contributed by atoms with E-state index in [0.717, 1.165) is 11.1 Å². The quantitative estimate of drug-likeness (QED) is 0.939. The lowest BCUT2D eigenvalue weighted by Gasteiger charge is -2.19. The molecule has 0 unspecified atom stereocenters. The van der Waals surface area contributed by atoms with Gasteiger partial charge in [0.15, 0.2) is 0 Å². The molecule has 0 saturated heterocycles. The normalized spacial score (nSPS) is 11.2. The predicted molar refractivity (Wildman–Crippen MR) is 77.5 cm³/mol. The maximum absolute atomic E-state index is 11.6. The molecule has 0 bridgehead atoms. The minimum absolute atomic E-state index is 0.403. The fourth-order valence-electron chi connectivity index (χ4n) is 1.68. The number of aryl methyl sites for hydroxylation is 1. The number of carbonyl (C=O) groups is 1. The van der Waals surface area contributed by atoms with Crippen LogP contribution in [-0.2, 0) is 11.3 Å². The highest BCUT2D eigenvalue weighted by molar-refractivity contribution is 5.67. The summed E-state index contributed by atoms with van der Waals surface area (Å²) < 4.78 is 10.1. The SMILES string of the molecule is Cc1nc(-c2ccc(CNC(=O)OC(C)(C)C)cc2)no1. The summed E-state index contributed by atoms with van der Waals surface area (Å²) in [4.78, 5) is 15.7. The molecule has 112 valence electrons.